The first-order valence-electron chi connectivity index (χ1n) is 26.8. The van der Waals surface area contributed by atoms with E-state index in [1.807, 2.05) is 24.3 Å². The maximum atomic E-state index is 15.0. The topological polar surface area (TPSA) is 137 Å². The molecule has 5 N–H and O–H groups in total. The number of phenolic OH excluding ortho intramolecular Hbond substituents is 4. The molecule has 0 spiro atoms. The number of aryl methyl sites for hydroxylation is 2. The zero-order valence-corrected chi connectivity index (χ0v) is 53.7. The van der Waals surface area contributed by atoms with E-state index in [0.717, 1.165) is 66.8 Å². The molecule has 74 heavy (non-hydrogen) atoms. The van der Waals surface area contributed by atoms with E-state index in [-0.39, 0.29) is 86.6 Å². The van der Waals surface area contributed by atoms with E-state index >= 15 is 4.57 Å². The average Bonchev–Trinajstić information content (AvgIpc) is 3.17. The van der Waals surface area contributed by atoms with Crippen molar-refractivity contribution in [3.8, 4) is 23.0 Å². The molecule has 0 fully saturated rings. The van der Waals surface area contributed by atoms with Crippen LogP contribution in [0.3, 0.4) is 0 Å². The second-order valence-corrected chi connectivity index (χ2v) is 30.9. The van der Waals surface area contributed by atoms with E-state index in [1.165, 1.54) is 0 Å². The van der Waals surface area contributed by atoms with Gasteiger partial charge < -0.3 is 28.2 Å². The van der Waals surface area contributed by atoms with Gasteiger partial charge in [-0.25, -0.2) is 4.57 Å². The molecule has 0 saturated heterocycles. The normalized spacial score (nSPS) is 15.1. The molecule has 0 aliphatic carbocycles. The molecule has 412 valence electrons. The van der Waals surface area contributed by atoms with Gasteiger partial charge in [0.1, 0.15) is 23.0 Å². The van der Waals surface area contributed by atoms with Gasteiger partial charge in [-0.15, -0.1) is 0 Å². The number of hydrogen-bond donors (Lipinski definition) is 5. The van der Waals surface area contributed by atoms with Gasteiger partial charge in [0.15, 0.2) is 0 Å². The average molecular weight is 1070 g/mol. The number of aromatic hydroxyl groups is 4. The van der Waals surface area contributed by atoms with Crippen LogP contribution in [0.25, 0.3) is 0 Å². The van der Waals surface area contributed by atoms with Gasteiger partial charge in [-0.3, -0.25) is 9.05 Å². The SMILES string of the molecule is CC(C)(C)c1cc(CCC(Cc2cc(C(C)(C)C)c(O)c(C(C)(C)C)c2)OP(=O)(O)OC(CCc2cc(C(C)(C)C)c(O)c(C(C)(C)C)c2)Cc2cc(C(C)(C)C)c(O)c(C(C)(C)C)c2)cc(C(C)(C)C)c1O.[Ca+2].[H-].[H-]. The Kier molecular flexibility index (Phi) is 20.5. The number of hydrogen-bond acceptors (Lipinski definition) is 7. The van der Waals surface area contributed by atoms with Gasteiger partial charge in [0.05, 0.1) is 12.2 Å². The molecule has 0 aliphatic rings. The summed E-state index contributed by atoms with van der Waals surface area (Å²) in [6.45, 7) is 49.9. The minimum absolute atomic E-state index is 0. The molecule has 8 nitrogen and oxygen atoms in total. The number of phosphoric acid groups is 1. The Morgan fingerprint density at radius 3 is 0.689 bits per heavy atom. The van der Waals surface area contributed by atoms with Crippen LogP contribution in [0, 0.1) is 0 Å². The zero-order valence-electron chi connectivity index (χ0n) is 52.6. The molecule has 0 amide bonds. The van der Waals surface area contributed by atoms with Crippen molar-refractivity contribution in [1.29, 1.82) is 0 Å². The Balaban J connectivity index is 0.00000963. The summed E-state index contributed by atoms with van der Waals surface area (Å²) in [5, 5.41) is 46.6. The standard InChI is InChI=1S/C64H99O8P.Ca.2H/c1-57(2,3)45-31-39(32-46(53(45)65)58(4,5)6)25-27-43(29-41-35-49(61(13,14)15)55(67)50(36-41)62(16,17)18)71-73(69,70)72-44(30-42-37-51(63(19,20)21)56(68)52(38-42)64(22,23)24)28-26-40-33-47(59(7,8)9)54(66)48(34-40)60(10,11)12;;;/h31-38,43-44,65-68H,25-30H2,1-24H3,(H,69,70);;;/q;+2;2*-1. The summed E-state index contributed by atoms with van der Waals surface area (Å²) in [6, 6.07) is 16.2. The van der Waals surface area contributed by atoms with Gasteiger partial charge in [0.25, 0.3) is 0 Å². The predicted octanol–water partition coefficient (Wildman–Crippen LogP) is 16.7. The Labute approximate surface area is 482 Å². The maximum absolute atomic E-state index is 15.0. The van der Waals surface area contributed by atoms with Crippen molar-refractivity contribution in [3.63, 3.8) is 0 Å². The van der Waals surface area contributed by atoms with Crippen molar-refractivity contribution < 1.29 is 41.8 Å². The first-order valence-corrected chi connectivity index (χ1v) is 28.3. The molecule has 0 saturated carbocycles. The quantitative estimate of drug-likeness (QED) is 0.0622. The monoisotopic (exact) mass is 1070 g/mol. The Bertz CT molecular complexity index is 2330. The van der Waals surface area contributed by atoms with E-state index < -0.39 is 41.7 Å². The van der Waals surface area contributed by atoms with E-state index in [0.29, 0.717) is 37.2 Å². The van der Waals surface area contributed by atoms with Crippen LogP contribution in [0.4, 0.5) is 0 Å². The van der Waals surface area contributed by atoms with Crippen LogP contribution in [-0.4, -0.2) is 75.3 Å². The molecule has 0 aromatic heterocycles. The fourth-order valence-corrected chi connectivity index (χ4v) is 11.0. The molecular formula is C64H101CaO8P. The van der Waals surface area contributed by atoms with Gasteiger partial charge in [-0.05, 0) is 149 Å². The maximum Gasteiger partial charge on any atom is 2.00 e. The molecule has 4 aromatic carbocycles. The van der Waals surface area contributed by atoms with Crippen LogP contribution in [0.2, 0.25) is 0 Å². The molecule has 2 atom stereocenters. The number of phenols is 4. The molecule has 2 unspecified atom stereocenters. The van der Waals surface area contributed by atoms with Crippen LogP contribution >= 0.6 is 7.82 Å². The summed E-state index contributed by atoms with van der Waals surface area (Å²) in [7, 11) is -4.86. The van der Waals surface area contributed by atoms with Crippen molar-refractivity contribution in [1.82, 2.24) is 0 Å². The van der Waals surface area contributed by atoms with Crippen molar-refractivity contribution in [2.45, 2.75) is 260 Å². The van der Waals surface area contributed by atoms with Crippen LogP contribution in [-0.2, 0) is 82.6 Å². The summed E-state index contributed by atoms with van der Waals surface area (Å²) >= 11 is 0. The van der Waals surface area contributed by atoms with Crippen LogP contribution in [0.5, 0.6) is 23.0 Å². The third-order valence-corrected chi connectivity index (χ3v) is 15.3. The molecule has 0 aliphatic heterocycles. The van der Waals surface area contributed by atoms with Crippen LogP contribution < -0.4 is 0 Å². The Morgan fingerprint density at radius 2 is 0.527 bits per heavy atom. The number of benzene rings is 4. The summed E-state index contributed by atoms with van der Waals surface area (Å²) in [5.74, 6) is 1.09. The molecular weight excluding hydrogens is 968 g/mol. The van der Waals surface area contributed by atoms with Gasteiger partial charge in [0, 0.05) is 0 Å². The molecule has 4 aromatic rings. The van der Waals surface area contributed by atoms with E-state index in [4.69, 9.17) is 9.05 Å². The third-order valence-electron chi connectivity index (χ3n) is 14.1. The summed E-state index contributed by atoms with van der Waals surface area (Å²) in [6.07, 6.45) is 0.609. The fourth-order valence-electron chi connectivity index (χ4n) is 9.84. The molecule has 0 radical (unpaired) electrons. The van der Waals surface area contributed by atoms with Crippen molar-refractivity contribution in [2.24, 2.45) is 0 Å². The van der Waals surface area contributed by atoms with E-state index in [2.05, 4.69) is 190 Å². The summed E-state index contributed by atoms with van der Waals surface area (Å²) < 4.78 is 28.1. The van der Waals surface area contributed by atoms with Crippen molar-refractivity contribution >= 4 is 45.6 Å². The zero-order chi connectivity index (χ0) is 56.2. The van der Waals surface area contributed by atoms with Crippen molar-refractivity contribution in [3.05, 3.63) is 115 Å². The van der Waals surface area contributed by atoms with Gasteiger partial charge in [-0.2, -0.15) is 0 Å². The van der Waals surface area contributed by atoms with Crippen LogP contribution in [0.15, 0.2) is 48.5 Å². The Hall–Kier alpha value is -2.55. The minimum Gasteiger partial charge on any atom is -1.00 e. The van der Waals surface area contributed by atoms with Gasteiger partial charge in [-0.1, -0.05) is 215 Å². The third kappa shape index (κ3) is 17.2. The van der Waals surface area contributed by atoms with Crippen LogP contribution in [0.1, 0.15) is 249 Å². The predicted molar refractivity (Wildman–Crippen MR) is 314 cm³/mol. The molecule has 0 heterocycles. The second-order valence-electron chi connectivity index (χ2n) is 29.6. The van der Waals surface area contributed by atoms with Gasteiger partial charge in [0.2, 0.25) is 0 Å². The van der Waals surface area contributed by atoms with Crippen molar-refractivity contribution in [2.75, 3.05) is 0 Å². The largest absolute Gasteiger partial charge is 2.00 e. The number of phosphoric ester groups is 1. The molecule has 10 heteroatoms. The summed E-state index contributed by atoms with van der Waals surface area (Å²) in [5.41, 5.74) is 7.24. The summed E-state index contributed by atoms with van der Waals surface area (Å²) in [4.78, 5) is 12.3. The number of rotatable bonds is 14. The fraction of sp³-hybridized carbons (Fsp3) is 0.625. The minimum atomic E-state index is -4.86. The first kappa shape index (κ1) is 65.7. The van der Waals surface area contributed by atoms with E-state index in [9.17, 15) is 25.3 Å². The van der Waals surface area contributed by atoms with Gasteiger partial charge >= 0.3 is 45.6 Å². The second kappa shape index (κ2) is 23.0. The molecule has 0 bridgehead atoms. The van der Waals surface area contributed by atoms with E-state index in [1.54, 1.807) is 0 Å². The Morgan fingerprint density at radius 1 is 0.365 bits per heavy atom. The molecule has 4 rings (SSSR count). The first-order chi connectivity index (χ1) is 32.6. The smallest absolute Gasteiger partial charge is 1.00 e.